The molecular formula is C21H20FN3O3S. The topological polar surface area (TPSA) is 56.6 Å². The van der Waals surface area contributed by atoms with E-state index in [9.17, 15) is 9.18 Å². The van der Waals surface area contributed by atoms with Gasteiger partial charge in [-0.25, -0.2) is 9.37 Å². The van der Waals surface area contributed by atoms with E-state index < -0.39 is 0 Å². The van der Waals surface area contributed by atoms with Gasteiger partial charge >= 0.3 is 0 Å². The minimum absolute atomic E-state index is 0.183. The molecule has 2 aromatic carbocycles. The zero-order valence-electron chi connectivity index (χ0n) is 16.1. The Balaban J connectivity index is 1.59. The molecule has 0 N–H and O–H groups in total. The molecule has 0 bridgehead atoms. The van der Waals surface area contributed by atoms with Crippen LogP contribution in [0.25, 0.3) is 5.69 Å². The Labute approximate surface area is 172 Å². The molecule has 1 aromatic heterocycles. The second kappa shape index (κ2) is 8.16. The van der Waals surface area contributed by atoms with Crippen LogP contribution < -0.4 is 9.47 Å². The van der Waals surface area contributed by atoms with Crippen molar-refractivity contribution in [1.82, 2.24) is 14.5 Å². The summed E-state index contributed by atoms with van der Waals surface area (Å²) in [6, 6.07) is 11.7. The number of aromatic nitrogens is 2. The fourth-order valence-corrected chi connectivity index (χ4v) is 3.74. The van der Waals surface area contributed by atoms with Crippen LogP contribution in [0.4, 0.5) is 4.39 Å². The number of ether oxygens (including phenoxy) is 2. The highest BCUT2D eigenvalue weighted by Crippen LogP contribution is 2.31. The second-order valence-corrected chi connectivity index (χ2v) is 7.35. The highest BCUT2D eigenvalue weighted by atomic mass is 32.2. The molecule has 0 aliphatic carbocycles. The average Bonchev–Trinajstić information content (AvgIpc) is 3.17. The van der Waals surface area contributed by atoms with Crippen molar-refractivity contribution >= 4 is 17.7 Å². The maximum Gasteiger partial charge on any atom is 0.272 e. The maximum atomic E-state index is 13.3. The van der Waals surface area contributed by atoms with Gasteiger partial charge in [-0.3, -0.25) is 9.36 Å². The minimum atomic E-state index is -0.330. The van der Waals surface area contributed by atoms with Crippen molar-refractivity contribution in [3.05, 3.63) is 65.7 Å². The molecule has 1 aliphatic rings. The zero-order valence-corrected chi connectivity index (χ0v) is 16.9. The molecule has 0 unspecified atom stereocenters. The van der Waals surface area contributed by atoms with E-state index >= 15 is 0 Å². The molecule has 1 amide bonds. The lowest BCUT2D eigenvalue weighted by molar-refractivity contribution is 0.0776. The van der Waals surface area contributed by atoms with Gasteiger partial charge in [-0.1, -0.05) is 17.8 Å². The number of carbonyl (C=O) groups excluding carboxylic acids is 1. The third-order valence-corrected chi connectivity index (χ3v) is 5.24. The first-order valence-corrected chi connectivity index (χ1v) is 10.3. The van der Waals surface area contributed by atoms with Gasteiger partial charge in [-0.2, -0.15) is 0 Å². The molecular weight excluding hydrogens is 393 g/mol. The molecule has 29 heavy (non-hydrogen) atoms. The van der Waals surface area contributed by atoms with Crippen LogP contribution >= 0.6 is 11.8 Å². The molecule has 2 heterocycles. The molecule has 6 nitrogen and oxygen atoms in total. The number of hydrogen-bond donors (Lipinski definition) is 0. The Morgan fingerprint density at radius 3 is 2.62 bits per heavy atom. The first kappa shape index (κ1) is 19.3. The van der Waals surface area contributed by atoms with Gasteiger partial charge in [0.1, 0.15) is 24.7 Å². The predicted molar refractivity (Wildman–Crippen MR) is 109 cm³/mol. The van der Waals surface area contributed by atoms with Crippen molar-refractivity contribution in [2.45, 2.75) is 11.7 Å². The van der Waals surface area contributed by atoms with Gasteiger partial charge in [-0.05, 0) is 48.2 Å². The molecule has 0 spiro atoms. The number of imidazole rings is 1. The summed E-state index contributed by atoms with van der Waals surface area (Å²) in [5, 5.41) is 0.660. The van der Waals surface area contributed by atoms with E-state index in [4.69, 9.17) is 9.47 Å². The van der Waals surface area contributed by atoms with Crippen LogP contribution in [0.1, 0.15) is 16.1 Å². The molecule has 150 valence electrons. The number of halogens is 1. The monoisotopic (exact) mass is 413 g/mol. The summed E-state index contributed by atoms with van der Waals surface area (Å²) in [6.45, 7) is 1.45. The summed E-state index contributed by atoms with van der Waals surface area (Å²) in [7, 11) is 1.74. The van der Waals surface area contributed by atoms with Gasteiger partial charge in [0.05, 0.1) is 6.20 Å². The Kier molecular flexibility index (Phi) is 5.44. The molecule has 0 fully saturated rings. The fourth-order valence-electron chi connectivity index (χ4n) is 3.20. The molecule has 0 saturated carbocycles. The van der Waals surface area contributed by atoms with E-state index in [0.717, 1.165) is 5.56 Å². The van der Waals surface area contributed by atoms with E-state index in [2.05, 4.69) is 4.98 Å². The van der Waals surface area contributed by atoms with E-state index in [0.29, 0.717) is 47.8 Å². The summed E-state index contributed by atoms with van der Waals surface area (Å²) >= 11 is 1.42. The van der Waals surface area contributed by atoms with E-state index in [1.54, 1.807) is 34.8 Å². The number of rotatable bonds is 5. The largest absolute Gasteiger partial charge is 0.486 e. The van der Waals surface area contributed by atoms with Crippen LogP contribution in [0.15, 0.2) is 53.8 Å². The molecule has 0 saturated heterocycles. The number of thioether (sulfide) groups is 1. The lowest BCUT2D eigenvalue weighted by Crippen LogP contribution is -2.28. The summed E-state index contributed by atoms with van der Waals surface area (Å²) in [4.78, 5) is 19.1. The molecule has 1 aliphatic heterocycles. The van der Waals surface area contributed by atoms with Crippen LogP contribution in [0, 0.1) is 5.82 Å². The third kappa shape index (κ3) is 3.93. The lowest BCUT2D eigenvalue weighted by Gasteiger charge is -2.21. The van der Waals surface area contributed by atoms with E-state index in [-0.39, 0.29) is 11.7 Å². The lowest BCUT2D eigenvalue weighted by atomic mass is 10.2. The normalized spacial score (nSPS) is 12.7. The number of amides is 1. The van der Waals surface area contributed by atoms with Crippen LogP contribution in [0.2, 0.25) is 0 Å². The van der Waals surface area contributed by atoms with E-state index in [1.807, 2.05) is 24.5 Å². The van der Waals surface area contributed by atoms with Crippen LogP contribution in [-0.2, 0) is 6.54 Å². The van der Waals surface area contributed by atoms with Gasteiger partial charge in [0.15, 0.2) is 16.7 Å². The third-order valence-electron chi connectivity index (χ3n) is 4.59. The van der Waals surface area contributed by atoms with Crippen molar-refractivity contribution in [2.24, 2.45) is 0 Å². The van der Waals surface area contributed by atoms with Crippen molar-refractivity contribution in [3.8, 4) is 17.2 Å². The van der Waals surface area contributed by atoms with Crippen LogP contribution in [0.3, 0.4) is 0 Å². The molecule has 0 radical (unpaired) electrons. The maximum absolute atomic E-state index is 13.3. The highest BCUT2D eigenvalue weighted by Gasteiger charge is 2.22. The molecule has 8 heteroatoms. The van der Waals surface area contributed by atoms with Crippen molar-refractivity contribution in [3.63, 3.8) is 0 Å². The number of benzene rings is 2. The Bertz CT molecular complexity index is 1040. The summed E-state index contributed by atoms with van der Waals surface area (Å²) < 4.78 is 26.2. The highest BCUT2D eigenvalue weighted by molar-refractivity contribution is 7.98. The first-order valence-electron chi connectivity index (χ1n) is 9.08. The summed E-state index contributed by atoms with van der Waals surface area (Å²) in [5.41, 5.74) is 2.04. The second-order valence-electron chi connectivity index (χ2n) is 6.58. The van der Waals surface area contributed by atoms with Crippen molar-refractivity contribution in [1.29, 1.82) is 0 Å². The van der Waals surface area contributed by atoms with Gasteiger partial charge in [0, 0.05) is 19.3 Å². The van der Waals surface area contributed by atoms with Gasteiger partial charge < -0.3 is 14.4 Å². The first-order chi connectivity index (χ1) is 14.1. The van der Waals surface area contributed by atoms with E-state index in [1.165, 1.54) is 23.9 Å². The Hall–Kier alpha value is -3.00. The minimum Gasteiger partial charge on any atom is -0.486 e. The van der Waals surface area contributed by atoms with Gasteiger partial charge in [0.25, 0.3) is 5.91 Å². The number of hydrogen-bond acceptors (Lipinski definition) is 5. The molecule has 3 aromatic rings. The zero-order chi connectivity index (χ0) is 20.4. The molecule has 4 rings (SSSR count). The van der Waals surface area contributed by atoms with Crippen molar-refractivity contribution in [2.75, 3.05) is 26.5 Å². The summed E-state index contributed by atoms with van der Waals surface area (Å²) in [5.74, 6) is 0.892. The molecule has 0 atom stereocenters. The fraction of sp³-hybridized carbons (Fsp3) is 0.238. The van der Waals surface area contributed by atoms with Gasteiger partial charge in [0.2, 0.25) is 0 Å². The number of carbonyl (C=O) groups is 1. The van der Waals surface area contributed by atoms with Crippen molar-refractivity contribution < 1.29 is 18.7 Å². The van der Waals surface area contributed by atoms with Crippen LogP contribution in [0.5, 0.6) is 11.5 Å². The number of fused-ring (bicyclic) bond motifs is 1. The Morgan fingerprint density at radius 2 is 1.90 bits per heavy atom. The quantitative estimate of drug-likeness (QED) is 0.596. The number of nitrogens with zero attached hydrogens (tertiary/aromatic N) is 3. The predicted octanol–water partition coefficient (Wildman–Crippen LogP) is 3.78. The van der Waals surface area contributed by atoms with Crippen LogP contribution in [-0.4, -0.2) is 46.9 Å². The Morgan fingerprint density at radius 1 is 1.17 bits per heavy atom. The SMILES string of the molecule is CSc1ncc(C(=O)N(C)Cc2ccc3c(c2)OCCO3)n1-c1ccc(F)cc1. The average molecular weight is 413 g/mol. The van der Waals surface area contributed by atoms with Gasteiger partial charge in [-0.15, -0.1) is 0 Å². The standard InChI is InChI=1S/C21H20FN3O3S/c1-24(13-14-3-8-18-19(11-14)28-10-9-27-18)20(26)17-12-23-21(29-2)25(17)16-6-4-15(22)5-7-16/h3-8,11-12H,9-10,13H2,1-2H3. The summed E-state index contributed by atoms with van der Waals surface area (Å²) in [6.07, 6.45) is 3.44. The smallest absolute Gasteiger partial charge is 0.272 e.